The highest BCUT2D eigenvalue weighted by atomic mass is 35.5. The third kappa shape index (κ3) is 8.54. The number of benzene rings is 3. The topological polar surface area (TPSA) is 167 Å². The van der Waals surface area contributed by atoms with E-state index in [1.54, 1.807) is 17.4 Å². The fourth-order valence-corrected chi connectivity index (χ4v) is 12.3. The first-order chi connectivity index (χ1) is 33.1. The summed E-state index contributed by atoms with van der Waals surface area (Å²) in [6, 6.07) is 20.8. The summed E-state index contributed by atoms with van der Waals surface area (Å²) in [5.41, 5.74) is 8.15. The van der Waals surface area contributed by atoms with Gasteiger partial charge >= 0.3 is 0 Å². The molecule has 0 saturated carbocycles. The van der Waals surface area contributed by atoms with Crippen molar-refractivity contribution in [2.45, 2.75) is 109 Å². The second-order valence-corrected chi connectivity index (χ2v) is 21.6. The largest absolute Gasteiger partial charge is 0.391 e. The standard InChI is InChI=1S/C53H59ClN8O6S/c1-29(2)45(51(67)61-27-37(63)25-42(61)48(64)56-30(3)32-10-12-34(13-11-32)47-31(4)55-28-69-47)43-26-44(58-68-43)59-20-18-35(19-21-59)50(66)60-22-16-33(17-23-60)36-14-15-40-38(24-36)53(5,6)52-57-49(65)46-39(54)8-7-9-41(46)62(40)52/h7-15,24,26,28-30,33,35,37,42,45,63H,16-23,25,27H2,1-6H3,(H,56,64)/t30-,37+,42-,45-/m0/s1. The minimum Gasteiger partial charge on any atom is -0.391 e. The lowest BCUT2D eigenvalue weighted by Gasteiger charge is -2.37. The van der Waals surface area contributed by atoms with Crippen LogP contribution in [0, 0.1) is 18.8 Å². The summed E-state index contributed by atoms with van der Waals surface area (Å²) >= 11 is 8.07. The van der Waals surface area contributed by atoms with Gasteiger partial charge in [0.2, 0.25) is 17.7 Å². The van der Waals surface area contributed by atoms with Crippen LogP contribution in [-0.2, 0) is 19.8 Å². The molecule has 0 spiro atoms. The van der Waals surface area contributed by atoms with Crippen molar-refractivity contribution in [2.75, 3.05) is 37.6 Å². The van der Waals surface area contributed by atoms with E-state index in [9.17, 15) is 24.3 Å². The van der Waals surface area contributed by atoms with Crippen LogP contribution < -0.4 is 15.8 Å². The van der Waals surface area contributed by atoms with Crippen molar-refractivity contribution in [3.8, 4) is 16.1 Å². The third-order valence-electron chi connectivity index (χ3n) is 15.2. The number of nitrogens with one attached hydrogen (secondary N) is 1. The number of fused-ring (bicyclic) bond motifs is 5. The van der Waals surface area contributed by atoms with Crippen LogP contribution in [0.1, 0.15) is 119 Å². The molecule has 10 rings (SSSR count). The van der Waals surface area contributed by atoms with Gasteiger partial charge in [0.05, 0.1) is 55.3 Å². The van der Waals surface area contributed by atoms with Crippen molar-refractivity contribution in [1.29, 1.82) is 0 Å². The number of carbonyl (C=O) groups is 3. The van der Waals surface area contributed by atoms with Crippen molar-refractivity contribution < 1.29 is 24.0 Å². The van der Waals surface area contributed by atoms with Gasteiger partial charge in [-0.1, -0.05) is 73.1 Å². The summed E-state index contributed by atoms with van der Waals surface area (Å²) in [5, 5.41) is 19.1. The number of rotatable bonds is 10. The van der Waals surface area contributed by atoms with E-state index in [1.165, 1.54) is 10.5 Å². The van der Waals surface area contributed by atoms with E-state index in [2.05, 4.69) is 62.0 Å². The second-order valence-electron chi connectivity index (χ2n) is 20.3. The maximum Gasteiger partial charge on any atom is 0.282 e. The third-order valence-corrected chi connectivity index (χ3v) is 16.5. The lowest BCUT2D eigenvalue weighted by Crippen LogP contribution is -2.48. The number of nitrogens with zero attached hydrogens (tertiary/aromatic N) is 7. The highest BCUT2D eigenvalue weighted by Crippen LogP contribution is 2.45. The zero-order valence-corrected chi connectivity index (χ0v) is 41.5. The van der Waals surface area contributed by atoms with Crippen LogP contribution in [0.25, 0.3) is 27.0 Å². The Morgan fingerprint density at radius 1 is 0.957 bits per heavy atom. The fourth-order valence-electron chi connectivity index (χ4n) is 11.3. The Morgan fingerprint density at radius 3 is 2.39 bits per heavy atom. The number of aromatic nitrogens is 4. The SMILES string of the molecule is Cc1ncsc1-c1ccc([C@H](C)NC(=O)[C@@H]2C[C@@H](O)CN2C(=O)[C@H](c2cc(N3CCC(C(=O)N4CCC(c5ccc6c(c5)C(C)(C)c5nc(=O)c7c(Cl)cccc7n5-6)CC4)CC3)no2)C(C)C)cc1. The van der Waals surface area contributed by atoms with Gasteiger partial charge in [-0.25, -0.2) is 4.98 Å². The molecule has 3 aromatic heterocycles. The summed E-state index contributed by atoms with van der Waals surface area (Å²) in [6.07, 6.45) is 2.41. The van der Waals surface area contributed by atoms with Crippen molar-refractivity contribution in [3.63, 3.8) is 0 Å². The van der Waals surface area contributed by atoms with E-state index < -0.39 is 23.5 Å². The molecule has 4 atom stereocenters. The molecule has 0 unspecified atom stereocenters. The zero-order valence-electron chi connectivity index (χ0n) is 39.9. The van der Waals surface area contributed by atoms with Crippen molar-refractivity contribution in [2.24, 2.45) is 11.8 Å². The average molecular weight is 972 g/mol. The first-order valence-electron chi connectivity index (χ1n) is 24.2. The fraction of sp³-hybridized carbons (Fsp3) is 0.453. The van der Waals surface area contributed by atoms with Crippen LogP contribution >= 0.6 is 22.9 Å². The van der Waals surface area contributed by atoms with Crippen LogP contribution in [0.4, 0.5) is 5.82 Å². The van der Waals surface area contributed by atoms with Crippen LogP contribution in [-0.4, -0.2) is 97.2 Å². The number of anilines is 1. The van der Waals surface area contributed by atoms with Crippen molar-refractivity contribution in [3.05, 3.63) is 122 Å². The molecule has 0 radical (unpaired) electrons. The molecular formula is C53H59ClN8O6S. The lowest BCUT2D eigenvalue weighted by molar-refractivity contribution is -0.141. The number of aliphatic hydroxyl groups excluding tert-OH is 1. The second kappa shape index (κ2) is 18.4. The van der Waals surface area contributed by atoms with E-state index >= 15 is 0 Å². The number of likely N-dealkylation sites (tertiary alicyclic amines) is 2. The normalized spacial score (nSPS) is 20.3. The van der Waals surface area contributed by atoms with Gasteiger partial charge in [0.25, 0.3) is 5.56 Å². The van der Waals surface area contributed by atoms with Crippen LogP contribution in [0.2, 0.25) is 5.02 Å². The van der Waals surface area contributed by atoms with Crippen molar-refractivity contribution in [1.82, 2.24) is 34.8 Å². The van der Waals surface area contributed by atoms with Crippen LogP contribution in [0.15, 0.2) is 81.6 Å². The van der Waals surface area contributed by atoms with Gasteiger partial charge in [0.1, 0.15) is 17.8 Å². The summed E-state index contributed by atoms with van der Waals surface area (Å²) in [5.74, 6) is 0.677. The highest BCUT2D eigenvalue weighted by Gasteiger charge is 2.44. The Balaban J connectivity index is 0.739. The van der Waals surface area contributed by atoms with E-state index in [0.29, 0.717) is 72.7 Å². The first-order valence-corrected chi connectivity index (χ1v) is 25.5. The number of piperidine rings is 2. The van der Waals surface area contributed by atoms with E-state index in [0.717, 1.165) is 51.3 Å². The van der Waals surface area contributed by atoms with E-state index in [4.69, 9.17) is 16.1 Å². The number of hydrogen-bond donors (Lipinski definition) is 2. The molecule has 7 heterocycles. The summed E-state index contributed by atoms with van der Waals surface area (Å²) in [7, 11) is 0. The van der Waals surface area contributed by atoms with Gasteiger partial charge in [-0.05, 0) is 106 Å². The Labute approximate surface area is 410 Å². The van der Waals surface area contributed by atoms with E-state index in [1.807, 2.05) is 80.6 Å². The monoisotopic (exact) mass is 970 g/mol. The van der Waals surface area contributed by atoms with Gasteiger partial charge in [-0.2, -0.15) is 4.98 Å². The first kappa shape index (κ1) is 46.8. The Morgan fingerprint density at radius 2 is 1.70 bits per heavy atom. The van der Waals surface area contributed by atoms with E-state index in [-0.39, 0.29) is 54.1 Å². The number of carbonyl (C=O) groups excluding carboxylic acids is 3. The Hall–Kier alpha value is -5.90. The number of halogens is 1. The number of thiazole rings is 1. The molecular weight excluding hydrogens is 912 g/mol. The maximum absolute atomic E-state index is 14.4. The number of β-amino-alcohol motifs (C(OH)–C–C–N with tert-alkyl or cyclic N) is 1. The molecule has 6 aromatic rings. The molecule has 3 amide bonds. The summed E-state index contributed by atoms with van der Waals surface area (Å²) < 4.78 is 7.98. The molecule has 360 valence electrons. The molecule has 2 N–H and O–H groups in total. The average Bonchev–Trinajstić information content (AvgIpc) is 4.14. The van der Waals surface area contributed by atoms with Gasteiger partial charge in [-0.15, -0.1) is 11.3 Å². The molecule has 3 saturated heterocycles. The molecule has 16 heteroatoms. The van der Waals surface area contributed by atoms with Gasteiger partial charge in [-0.3, -0.25) is 23.7 Å². The van der Waals surface area contributed by atoms with Crippen LogP contribution in [0.5, 0.6) is 0 Å². The Kier molecular flexibility index (Phi) is 12.5. The quantitative estimate of drug-likeness (QED) is 0.136. The predicted molar refractivity (Wildman–Crippen MR) is 267 cm³/mol. The van der Waals surface area contributed by atoms with Crippen molar-refractivity contribution >= 4 is 57.4 Å². The number of hydrogen-bond acceptors (Lipinski definition) is 11. The minimum absolute atomic E-state index is 0.0512. The maximum atomic E-state index is 14.4. The molecule has 69 heavy (non-hydrogen) atoms. The molecule has 3 aromatic carbocycles. The molecule has 0 aliphatic carbocycles. The van der Waals surface area contributed by atoms with Crippen LogP contribution in [0.3, 0.4) is 0 Å². The molecule has 4 aliphatic rings. The molecule has 3 fully saturated rings. The van der Waals surface area contributed by atoms with Gasteiger partial charge in [0.15, 0.2) is 11.6 Å². The predicted octanol–water partition coefficient (Wildman–Crippen LogP) is 8.30. The smallest absolute Gasteiger partial charge is 0.282 e. The number of amides is 3. The van der Waals surface area contributed by atoms with Gasteiger partial charge < -0.3 is 29.6 Å². The minimum atomic E-state index is -0.834. The van der Waals surface area contributed by atoms with Gasteiger partial charge in [0, 0.05) is 51.1 Å². The summed E-state index contributed by atoms with van der Waals surface area (Å²) in [4.78, 5) is 70.9. The zero-order chi connectivity index (χ0) is 48.5. The molecule has 0 bridgehead atoms. The molecule has 14 nitrogen and oxygen atoms in total. The number of aryl methyl sites for hydroxylation is 1. The lowest BCUT2D eigenvalue weighted by atomic mass is 9.81. The summed E-state index contributed by atoms with van der Waals surface area (Å²) in [6.45, 7) is 14.7. The number of aliphatic hydroxyl groups is 1. The highest BCUT2D eigenvalue weighted by molar-refractivity contribution is 7.13. The Bertz CT molecular complexity index is 3000. The molecule has 4 aliphatic heterocycles.